The minimum Gasteiger partial charge on any atom is -0.323 e. The average Bonchev–Trinajstić information content (AvgIpc) is 2.98. The summed E-state index contributed by atoms with van der Waals surface area (Å²) in [7, 11) is 0. The summed E-state index contributed by atoms with van der Waals surface area (Å²) in [4.78, 5) is 0. The van der Waals surface area contributed by atoms with E-state index < -0.39 is 0 Å². The number of hydrogen-bond donors (Lipinski definition) is 1. The molecule has 104 valence electrons. The molecule has 1 heteroatoms. The Morgan fingerprint density at radius 3 is 2.57 bits per heavy atom. The summed E-state index contributed by atoms with van der Waals surface area (Å²) >= 11 is 0. The van der Waals surface area contributed by atoms with Gasteiger partial charge in [0.15, 0.2) is 0 Å². The van der Waals surface area contributed by atoms with Gasteiger partial charge in [-0.15, -0.1) is 0 Å². The second-order valence-electron chi connectivity index (χ2n) is 5.94. The molecule has 1 nitrogen and oxygen atoms in total. The lowest BCUT2D eigenvalue weighted by Crippen LogP contribution is -2.18. The van der Waals surface area contributed by atoms with E-state index >= 15 is 0 Å². The molecule has 21 heavy (non-hydrogen) atoms. The average molecular weight is 273 g/mol. The Hall–Kier alpha value is -2.12. The summed E-state index contributed by atoms with van der Waals surface area (Å²) in [6.45, 7) is 0. The molecule has 0 spiro atoms. The molecule has 1 aliphatic rings. The zero-order valence-electron chi connectivity index (χ0n) is 12.0. The third-order valence-electron chi connectivity index (χ3n) is 4.80. The molecule has 2 N–H and O–H groups in total. The van der Waals surface area contributed by atoms with Crippen LogP contribution in [-0.4, -0.2) is 0 Å². The van der Waals surface area contributed by atoms with E-state index in [0.717, 1.165) is 12.8 Å². The Kier molecular flexibility index (Phi) is 3.01. The molecular formula is C20H19N. The van der Waals surface area contributed by atoms with E-state index in [2.05, 4.69) is 66.7 Å². The molecule has 0 radical (unpaired) electrons. The van der Waals surface area contributed by atoms with Crippen LogP contribution in [0.3, 0.4) is 0 Å². The van der Waals surface area contributed by atoms with E-state index in [0.29, 0.717) is 5.92 Å². The first-order valence-corrected chi connectivity index (χ1v) is 7.65. The molecule has 0 heterocycles. The minimum absolute atomic E-state index is 0.0692. The minimum atomic E-state index is 0.0692. The maximum Gasteiger partial charge on any atom is 0.0370 e. The monoisotopic (exact) mass is 273 g/mol. The van der Waals surface area contributed by atoms with Crippen LogP contribution in [0.4, 0.5) is 0 Å². The van der Waals surface area contributed by atoms with Gasteiger partial charge in [-0.05, 0) is 40.3 Å². The topological polar surface area (TPSA) is 26.0 Å². The van der Waals surface area contributed by atoms with Crippen molar-refractivity contribution in [2.75, 3.05) is 0 Å². The van der Waals surface area contributed by atoms with Gasteiger partial charge in [-0.3, -0.25) is 0 Å². The fourth-order valence-electron chi connectivity index (χ4n) is 3.72. The predicted molar refractivity (Wildman–Crippen MR) is 88.4 cm³/mol. The first-order chi connectivity index (χ1) is 10.3. The van der Waals surface area contributed by atoms with Crippen LogP contribution in [0.15, 0.2) is 66.7 Å². The summed E-state index contributed by atoms with van der Waals surface area (Å²) in [6.07, 6.45) is 2.31. The van der Waals surface area contributed by atoms with Crippen molar-refractivity contribution >= 4 is 10.8 Å². The van der Waals surface area contributed by atoms with Gasteiger partial charge in [-0.2, -0.15) is 0 Å². The van der Waals surface area contributed by atoms with E-state index in [1.165, 1.54) is 27.5 Å². The zero-order chi connectivity index (χ0) is 14.2. The molecule has 1 aliphatic carbocycles. The second-order valence-corrected chi connectivity index (χ2v) is 5.94. The fourth-order valence-corrected chi connectivity index (χ4v) is 3.72. The Bertz CT molecular complexity index is 785. The summed E-state index contributed by atoms with van der Waals surface area (Å²) in [5, 5.41) is 2.56. The molecule has 0 aliphatic heterocycles. The fraction of sp³-hybridized carbons (Fsp3) is 0.200. The van der Waals surface area contributed by atoms with E-state index in [1.54, 1.807) is 0 Å². The number of aryl methyl sites for hydroxylation is 1. The Labute approximate surface area is 125 Å². The van der Waals surface area contributed by atoms with Gasteiger partial charge in [-0.25, -0.2) is 0 Å². The van der Waals surface area contributed by atoms with Gasteiger partial charge in [0.2, 0.25) is 0 Å². The highest BCUT2D eigenvalue weighted by molar-refractivity contribution is 5.86. The second kappa shape index (κ2) is 5.01. The number of benzene rings is 3. The molecule has 2 unspecified atom stereocenters. The number of hydrogen-bond acceptors (Lipinski definition) is 1. The Morgan fingerprint density at radius 1 is 0.857 bits per heavy atom. The van der Waals surface area contributed by atoms with Crippen LogP contribution in [0, 0.1) is 0 Å². The lowest BCUT2D eigenvalue weighted by molar-refractivity contribution is 0.554. The number of nitrogens with two attached hydrogens (primary N) is 1. The SMILES string of the molecule is NC(c1cccc2ccccc12)C1CCc2ccccc21. The summed E-state index contributed by atoms with van der Waals surface area (Å²) in [6, 6.07) is 23.8. The van der Waals surface area contributed by atoms with Crippen molar-refractivity contribution in [1.82, 2.24) is 0 Å². The molecule has 0 bridgehead atoms. The van der Waals surface area contributed by atoms with Crippen LogP contribution in [0.25, 0.3) is 10.8 Å². The molecule has 4 rings (SSSR count). The molecule has 0 saturated carbocycles. The van der Waals surface area contributed by atoms with Gasteiger partial charge in [0.25, 0.3) is 0 Å². The van der Waals surface area contributed by atoms with Crippen molar-refractivity contribution in [2.45, 2.75) is 24.8 Å². The van der Waals surface area contributed by atoms with E-state index in [9.17, 15) is 0 Å². The largest absolute Gasteiger partial charge is 0.323 e. The van der Waals surface area contributed by atoms with Crippen LogP contribution in [0.5, 0.6) is 0 Å². The van der Waals surface area contributed by atoms with Crippen molar-refractivity contribution in [1.29, 1.82) is 0 Å². The van der Waals surface area contributed by atoms with Crippen molar-refractivity contribution in [2.24, 2.45) is 5.73 Å². The number of rotatable bonds is 2. The van der Waals surface area contributed by atoms with Crippen molar-refractivity contribution in [3.8, 4) is 0 Å². The van der Waals surface area contributed by atoms with E-state index in [-0.39, 0.29) is 6.04 Å². The number of fused-ring (bicyclic) bond motifs is 2. The van der Waals surface area contributed by atoms with Gasteiger partial charge in [-0.1, -0.05) is 66.7 Å². The quantitative estimate of drug-likeness (QED) is 0.727. The summed E-state index contributed by atoms with van der Waals surface area (Å²) in [5.41, 5.74) is 10.9. The summed E-state index contributed by atoms with van der Waals surface area (Å²) in [5.74, 6) is 0.437. The van der Waals surface area contributed by atoms with Crippen molar-refractivity contribution < 1.29 is 0 Å². The van der Waals surface area contributed by atoms with Crippen molar-refractivity contribution in [3.05, 3.63) is 83.4 Å². The molecule has 3 aromatic rings. The zero-order valence-corrected chi connectivity index (χ0v) is 12.0. The van der Waals surface area contributed by atoms with Crippen LogP contribution in [0.1, 0.15) is 35.1 Å². The van der Waals surface area contributed by atoms with Crippen molar-refractivity contribution in [3.63, 3.8) is 0 Å². The van der Waals surface area contributed by atoms with E-state index in [4.69, 9.17) is 5.73 Å². The predicted octanol–water partition coefficient (Wildman–Crippen LogP) is 4.57. The van der Waals surface area contributed by atoms with E-state index in [1.807, 2.05) is 0 Å². The molecule has 0 saturated heterocycles. The van der Waals surface area contributed by atoms with Crippen LogP contribution in [-0.2, 0) is 6.42 Å². The van der Waals surface area contributed by atoms with Gasteiger partial charge in [0.05, 0.1) is 0 Å². The lowest BCUT2D eigenvalue weighted by Gasteiger charge is -2.22. The molecule has 3 aromatic carbocycles. The van der Waals surface area contributed by atoms with Crippen LogP contribution in [0.2, 0.25) is 0 Å². The summed E-state index contributed by atoms with van der Waals surface area (Å²) < 4.78 is 0. The van der Waals surface area contributed by atoms with Crippen LogP contribution >= 0.6 is 0 Å². The standard InChI is InChI=1S/C20H19N/c21-20(19-13-12-15-7-2-4-10-17(15)19)18-11-5-8-14-6-1-3-9-16(14)18/h1-11,19-20H,12-13,21H2. The Balaban J connectivity index is 1.80. The normalized spacial score (nSPS) is 18.6. The Morgan fingerprint density at radius 2 is 1.62 bits per heavy atom. The molecule has 0 amide bonds. The molecule has 2 atom stereocenters. The third-order valence-corrected chi connectivity index (χ3v) is 4.80. The van der Waals surface area contributed by atoms with Gasteiger partial charge >= 0.3 is 0 Å². The molecular weight excluding hydrogens is 254 g/mol. The molecule has 0 aromatic heterocycles. The van der Waals surface area contributed by atoms with Gasteiger partial charge in [0, 0.05) is 12.0 Å². The molecule has 0 fully saturated rings. The lowest BCUT2D eigenvalue weighted by atomic mass is 9.86. The first-order valence-electron chi connectivity index (χ1n) is 7.65. The van der Waals surface area contributed by atoms with Gasteiger partial charge < -0.3 is 5.73 Å². The maximum absolute atomic E-state index is 6.68. The first kappa shape index (κ1) is 12.6. The highest BCUT2D eigenvalue weighted by Gasteiger charge is 2.28. The maximum atomic E-state index is 6.68. The smallest absolute Gasteiger partial charge is 0.0370 e. The van der Waals surface area contributed by atoms with Gasteiger partial charge in [0.1, 0.15) is 0 Å². The highest BCUT2D eigenvalue weighted by atomic mass is 14.7. The highest BCUT2D eigenvalue weighted by Crippen LogP contribution is 2.41. The van der Waals surface area contributed by atoms with Crippen LogP contribution < -0.4 is 5.73 Å². The third kappa shape index (κ3) is 2.05.